The number of benzene rings is 1. The number of carbonyl (C=O) groups is 1. The minimum Gasteiger partial charge on any atom is -0.458 e. The summed E-state index contributed by atoms with van der Waals surface area (Å²) in [5.41, 5.74) is 3.17. The molecule has 6 heteroatoms. The first kappa shape index (κ1) is 14.5. The van der Waals surface area contributed by atoms with E-state index in [9.17, 15) is 4.79 Å². The highest BCUT2D eigenvalue weighted by molar-refractivity contribution is 6.06. The number of nitrogens with two attached hydrogens (primary N) is 1. The molecule has 2 rings (SSSR count). The van der Waals surface area contributed by atoms with Crippen LogP contribution >= 0.6 is 0 Å². The zero-order valence-electron chi connectivity index (χ0n) is 11.5. The van der Waals surface area contributed by atoms with Crippen molar-refractivity contribution in [2.45, 2.75) is 19.6 Å². The van der Waals surface area contributed by atoms with Gasteiger partial charge in [-0.05, 0) is 13.0 Å². The number of furan rings is 1. The fourth-order valence-electron chi connectivity index (χ4n) is 2.02. The molecule has 1 unspecified atom stereocenters. The lowest BCUT2D eigenvalue weighted by molar-refractivity contribution is -0.00620. The van der Waals surface area contributed by atoms with Crippen LogP contribution in [-0.4, -0.2) is 25.7 Å². The summed E-state index contributed by atoms with van der Waals surface area (Å²) in [5, 5.41) is 0.716. The van der Waals surface area contributed by atoms with Crippen LogP contribution < -0.4 is 11.3 Å². The summed E-state index contributed by atoms with van der Waals surface area (Å²) in [7, 11) is 1.61. The quantitative estimate of drug-likeness (QED) is 0.476. The predicted molar refractivity (Wildman–Crippen MR) is 74.0 cm³/mol. The van der Waals surface area contributed by atoms with Crippen LogP contribution in [0.1, 0.15) is 23.0 Å². The van der Waals surface area contributed by atoms with E-state index in [-0.39, 0.29) is 12.7 Å². The van der Waals surface area contributed by atoms with Crippen molar-refractivity contribution in [2.24, 2.45) is 5.84 Å². The summed E-state index contributed by atoms with van der Waals surface area (Å²) in [4.78, 5) is 11.9. The van der Waals surface area contributed by atoms with Gasteiger partial charge in [-0.15, -0.1) is 0 Å². The fraction of sp³-hybridized carbons (Fsp3) is 0.357. The number of hydrazine groups is 1. The van der Waals surface area contributed by atoms with Crippen molar-refractivity contribution in [3.8, 4) is 0 Å². The number of amides is 1. The summed E-state index contributed by atoms with van der Waals surface area (Å²) < 4.78 is 16.3. The molecular weight excluding hydrogens is 260 g/mol. The van der Waals surface area contributed by atoms with E-state index in [2.05, 4.69) is 5.43 Å². The van der Waals surface area contributed by atoms with Crippen LogP contribution in [0.3, 0.4) is 0 Å². The standard InChI is InChI=1S/C14H18N2O4/c1-9(7-18-2)19-8-12-13(14(17)16-15)10-5-3-4-6-11(10)20-12/h3-6,9H,7-8,15H2,1-2H3,(H,16,17). The average molecular weight is 278 g/mol. The van der Waals surface area contributed by atoms with E-state index in [0.717, 1.165) is 0 Å². The fourth-order valence-corrected chi connectivity index (χ4v) is 2.02. The van der Waals surface area contributed by atoms with E-state index in [1.165, 1.54) is 0 Å². The molecule has 0 aliphatic rings. The molecule has 0 aliphatic heterocycles. The Morgan fingerprint density at radius 1 is 1.45 bits per heavy atom. The third kappa shape index (κ3) is 2.98. The molecule has 1 aromatic heterocycles. The third-order valence-corrected chi connectivity index (χ3v) is 2.93. The van der Waals surface area contributed by atoms with Gasteiger partial charge in [0.1, 0.15) is 18.0 Å². The number of fused-ring (bicyclic) bond motifs is 1. The zero-order valence-corrected chi connectivity index (χ0v) is 11.5. The summed E-state index contributed by atoms with van der Waals surface area (Å²) in [6.45, 7) is 2.54. The second-order valence-electron chi connectivity index (χ2n) is 4.45. The van der Waals surface area contributed by atoms with Crippen LogP contribution in [-0.2, 0) is 16.1 Å². The van der Waals surface area contributed by atoms with Gasteiger partial charge in [-0.2, -0.15) is 0 Å². The maximum Gasteiger partial charge on any atom is 0.269 e. The van der Waals surface area contributed by atoms with Crippen molar-refractivity contribution >= 4 is 16.9 Å². The molecule has 1 atom stereocenters. The van der Waals surface area contributed by atoms with Gasteiger partial charge in [0.05, 0.1) is 18.3 Å². The van der Waals surface area contributed by atoms with Gasteiger partial charge in [0.2, 0.25) is 0 Å². The highest BCUT2D eigenvalue weighted by atomic mass is 16.5. The predicted octanol–water partition coefficient (Wildman–Crippen LogP) is 1.59. The molecule has 0 aliphatic carbocycles. The Bertz CT molecular complexity index is 594. The van der Waals surface area contributed by atoms with Gasteiger partial charge >= 0.3 is 0 Å². The Balaban J connectivity index is 2.29. The average Bonchev–Trinajstić information content (AvgIpc) is 2.83. The molecule has 0 spiro atoms. The molecule has 0 saturated heterocycles. The van der Waals surface area contributed by atoms with Gasteiger partial charge < -0.3 is 13.9 Å². The Kier molecular flexibility index (Phi) is 4.73. The van der Waals surface area contributed by atoms with E-state index in [1.54, 1.807) is 13.2 Å². The van der Waals surface area contributed by atoms with Crippen molar-refractivity contribution in [1.82, 2.24) is 5.43 Å². The number of ether oxygens (including phenoxy) is 2. The highest BCUT2D eigenvalue weighted by Gasteiger charge is 2.20. The lowest BCUT2D eigenvalue weighted by Crippen LogP contribution is -2.30. The Labute approximate surface area is 116 Å². The van der Waals surface area contributed by atoms with Crippen molar-refractivity contribution in [3.05, 3.63) is 35.6 Å². The van der Waals surface area contributed by atoms with E-state index in [0.29, 0.717) is 28.9 Å². The maximum absolute atomic E-state index is 11.9. The van der Waals surface area contributed by atoms with E-state index in [4.69, 9.17) is 19.7 Å². The molecule has 20 heavy (non-hydrogen) atoms. The van der Waals surface area contributed by atoms with Gasteiger partial charge in [0.15, 0.2) is 0 Å². The zero-order chi connectivity index (χ0) is 14.5. The van der Waals surface area contributed by atoms with Gasteiger partial charge in [-0.25, -0.2) is 5.84 Å². The molecule has 1 amide bonds. The third-order valence-electron chi connectivity index (χ3n) is 2.93. The Hall–Kier alpha value is -1.89. The molecular formula is C14H18N2O4. The van der Waals surface area contributed by atoms with Gasteiger partial charge in [0, 0.05) is 12.5 Å². The van der Waals surface area contributed by atoms with E-state index < -0.39 is 5.91 Å². The first-order chi connectivity index (χ1) is 9.67. The number of hydrogen-bond acceptors (Lipinski definition) is 5. The Morgan fingerprint density at radius 3 is 2.90 bits per heavy atom. The minimum atomic E-state index is -0.395. The monoisotopic (exact) mass is 278 g/mol. The first-order valence-electron chi connectivity index (χ1n) is 6.29. The van der Waals surface area contributed by atoms with Gasteiger partial charge in [-0.3, -0.25) is 10.2 Å². The molecule has 1 heterocycles. The number of nitrogen functional groups attached to an aromatic ring is 1. The molecule has 3 N–H and O–H groups in total. The second kappa shape index (κ2) is 6.51. The number of carbonyl (C=O) groups excluding carboxylic acids is 1. The van der Waals surface area contributed by atoms with Crippen LogP contribution in [0.25, 0.3) is 11.0 Å². The van der Waals surface area contributed by atoms with Crippen LogP contribution in [0.2, 0.25) is 0 Å². The summed E-state index contributed by atoms with van der Waals surface area (Å²) >= 11 is 0. The summed E-state index contributed by atoms with van der Waals surface area (Å²) in [5.74, 6) is 5.29. The molecule has 1 aromatic carbocycles. The van der Waals surface area contributed by atoms with Crippen LogP contribution in [0.15, 0.2) is 28.7 Å². The van der Waals surface area contributed by atoms with Crippen molar-refractivity contribution < 1.29 is 18.7 Å². The van der Waals surface area contributed by atoms with Crippen LogP contribution in [0, 0.1) is 0 Å². The molecule has 2 aromatic rings. The molecule has 0 radical (unpaired) electrons. The molecule has 6 nitrogen and oxygen atoms in total. The first-order valence-corrected chi connectivity index (χ1v) is 6.29. The highest BCUT2D eigenvalue weighted by Crippen LogP contribution is 2.26. The lowest BCUT2D eigenvalue weighted by atomic mass is 10.1. The second-order valence-corrected chi connectivity index (χ2v) is 4.45. The molecule has 0 bridgehead atoms. The van der Waals surface area contributed by atoms with Crippen LogP contribution in [0.4, 0.5) is 0 Å². The molecule has 108 valence electrons. The SMILES string of the molecule is COCC(C)OCc1oc2ccccc2c1C(=O)NN. The summed E-state index contributed by atoms with van der Waals surface area (Å²) in [6.07, 6.45) is -0.0954. The van der Waals surface area contributed by atoms with Gasteiger partial charge in [-0.1, -0.05) is 18.2 Å². The lowest BCUT2D eigenvalue weighted by Gasteiger charge is -2.11. The smallest absolute Gasteiger partial charge is 0.269 e. The number of rotatable bonds is 6. The van der Waals surface area contributed by atoms with E-state index in [1.807, 2.05) is 25.1 Å². The normalized spacial score (nSPS) is 12.6. The number of para-hydroxylation sites is 1. The van der Waals surface area contributed by atoms with Gasteiger partial charge in [0.25, 0.3) is 5.91 Å². The number of methoxy groups -OCH3 is 1. The Morgan fingerprint density at radius 2 is 2.20 bits per heavy atom. The van der Waals surface area contributed by atoms with Crippen molar-refractivity contribution in [2.75, 3.05) is 13.7 Å². The largest absolute Gasteiger partial charge is 0.458 e. The van der Waals surface area contributed by atoms with Crippen LogP contribution in [0.5, 0.6) is 0 Å². The summed E-state index contributed by atoms with van der Waals surface area (Å²) in [6, 6.07) is 7.29. The number of nitrogens with one attached hydrogen (secondary N) is 1. The van der Waals surface area contributed by atoms with Crippen molar-refractivity contribution in [1.29, 1.82) is 0 Å². The molecule has 0 saturated carbocycles. The maximum atomic E-state index is 11.9. The minimum absolute atomic E-state index is 0.0954. The van der Waals surface area contributed by atoms with Crippen molar-refractivity contribution in [3.63, 3.8) is 0 Å². The molecule has 0 fully saturated rings. The topological polar surface area (TPSA) is 86.7 Å². The number of hydrogen-bond donors (Lipinski definition) is 2. The van der Waals surface area contributed by atoms with E-state index >= 15 is 0 Å².